The lowest BCUT2D eigenvalue weighted by Crippen LogP contribution is -2.35. The summed E-state index contributed by atoms with van der Waals surface area (Å²) in [5.41, 5.74) is 0.759. The molecule has 0 radical (unpaired) electrons. The normalized spacial score (nSPS) is 13.4. The average Bonchev–Trinajstić information content (AvgIpc) is 2.40. The second kappa shape index (κ2) is 8.12. The molecule has 0 amide bonds. The van der Waals surface area contributed by atoms with Crippen LogP contribution in [-0.2, 0) is 16.6 Å². The van der Waals surface area contributed by atoms with Crippen molar-refractivity contribution in [1.29, 1.82) is 0 Å². The average molecular weight is 334 g/mol. The summed E-state index contributed by atoms with van der Waals surface area (Å²) in [6.45, 7) is 5.73. The molecular formula is C14H23FN2O2S2. The van der Waals surface area contributed by atoms with Crippen LogP contribution in [0.15, 0.2) is 17.0 Å². The molecule has 0 fully saturated rings. The molecule has 1 aromatic rings. The maximum Gasteiger partial charge on any atom is 0.241 e. The summed E-state index contributed by atoms with van der Waals surface area (Å²) in [4.78, 5) is 0.0149. The molecule has 120 valence electrons. The molecule has 1 unspecified atom stereocenters. The zero-order chi connectivity index (χ0) is 16.0. The van der Waals surface area contributed by atoms with E-state index in [0.29, 0.717) is 17.9 Å². The number of benzene rings is 1. The highest BCUT2D eigenvalue weighted by atomic mass is 32.2. The molecule has 21 heavy (non-hydrogen) atoms. The zero-order valence-electron chi connectivity index (χ0n) is 12.9. The summed E-state index contributed by atoms with van der Waals surface area (Å²) in [6, 6.07) is 2.69. The molecule has 0 heterocycles. The van der Waals surface area contributed by atoms with Gasteiger partial charge in [0.15, 0.2) is 0 Å². The minimum Gasteiger partial charge on any atom is -0.316 e. The fourth-order valence-electron chi connectivity index (χ4n) is 1.95. The zero-order valence-corrected chi connectivity index (χ0v) is 14.5. The highest BCUT2D eigenvalue weighted by molar-refractivity contribution is 7.99. The molecule has 1 atom stereocenters. The third-order valence-corrected chi connectivity index (χ3v) is 5.81. The van der Waals surface area contributed by atoms with Gasteiger partial charge in [0.25, 0.3) is 0 Å². The van der Waals surface area contributed by atoms with E-state index in [0.717, 1.165) is 5.75 Å². The van der Waals surface area contributed by atoms with Crippen LogP contribution < -0.4 is 10.0 Å². The number of hydrogen-bond acceptors (Lipinski definition) is 4. The maximum absolute atomic E-state index is 13.9. The summed E-state index contributed by atoms with van der Waals surface area (Å²) in [7, 11) is -1.98. The monoisotopic (exact) mass is 334 g/mol. The van der Waals surface area contributed by atoms with E-state index >= 15 is 0 Å². The number of hydrogen-bond donors (Lipinski definition) is 2. The highest BCUT2D eigenvalue weighted by Crippen LogP contribution is 2.21. The van der Waals surface area contributed by atoms with Gasteiger partial charge in [0.2, 0.25) is 10.0 Å². The smallest absolute Gasteiger partial charge is 0.241 e. The van der Waals surface area contributed by atoms with Crippen LogP contribution in [0.4, 0.5) is 4.39 Å². The quantitative estimate of drug-likeness (QED) is 0.766. The van der Waals surface area contributed by atoms with E-state index in [9.17, 15) is 12.8 Å². The van der Waals surface area contributed by atoms with Crippen LogP contribution in [0.1, 0.15) is 25.0 Å². The first-order valence-electron chi connectivity index (χ1n) is 6.85. The van der Waals surface area contributed by atoms with Gasteiger partial charge in [0.1, 0.15) is 5.82 Å². The number of rotatable bonds is 8. The Labute approximate surface area is 131 Å². The van der Waals surface area contributed by atoms with Gasteiger partial charge >= 0.3 is 0 Å². The van der Waals surface area contributed by atoms with Crippen molar-refractivity contribution in [3.05, 3.63) is 29.1 Å². The van der Waals surface area contributed by atoms with Crippen molar-refractivity contribution in [1.82, 2.24) is 10.0 Å². The first-order chi connectivity index (χ1) is 9.81. The van der Waals surface area contributed by atoms with Crippen molar-refractivity contribution >= 4 is 21.8 Å². The second-order valence-electron chi connectivity index (χ2n) is 4.91. The van der Waals surface area contributed by atoms with Gasteiger partial charge in [-0.2, -0.15) is 11.8 Å². The lowest BCUT2D eigenvalue weighted by molar-refractivity contribution is 0.564. The topological polar surface area (TPSA) is 58.2 Å². The summed E-state index contributed by atoms with van der Waals surface area (Å²) >= 11 is 1.66. The Kier molecular flexibility index (Phi) is 7.12. The number of halogens is 1. The van der Waals surface area contributed by atoms with Crippen molar-refractivity contribution in [3.63, 3.8) is 0 Å². The van der Waals surface area contributed by atoms with E-state index in [-0.39, 0.29) is 16.5 Å². The van der Waals surface area contributed by atoms with Crippen molar-refractivity contribution in [2.45, 2.75) is 38.3 Å². The minimum absolute atomic E-state index is 0.0149. The van der Waals surface area contributed by atoms with Crippen molar-refractivity contribution in [2.75, 3.05) is 18.6 Å². The number of sulfonamides is 1. The van der Waals surface area contributed by atoms with E-state index in [1.54, 1.807) is 18.8 Å². The molecule has 4 nitrogen and oxygen atoms in total. The van der Waals surface area contributed by atoms with Gasteiger partial charge < -0.3 is 5.32 Å². The molecule has 0 spiro atoms. The molecule has 0 aliphatic rings. The Morgan fingerprint density at radius 3 is 2.62 bits per heavy atom. The molecule has 0 saturated carbocycles. The summed E-state index contributed by atoms with van der Waals surface area (Å²) in [5.74, 6) is 1.11. The van der Waals surface area contributed by atoms with Gasteiger partial charge in [-0.25, -0.2) is 17.5 Å². The van der Waals surface area contributed by atoms with Crippen molar-refractivity contribution in [2.24, 2.45) is 0 Å². The maximum atomic E-state index is 13.9. The lowest BCUT2D eigenvalue weighted by atomic mass is 10.1. The SMILES string of the molecule is CCSCC(C)NS(=O)(=O)c1cc(CNC)cc(F)c1C. The third-order valence-electron chi connectivity index (χ3n) is 2.96. The predicted molar refractivity (Wildman–Crippen MR) is 86.7 cm³/mol. The molecule has 0 saturated heterocycles. The number of thioether (sulfide) groups is 1. The molecule has 0 aliphatic carbocycles. The lowest BCUT2D eigenvalue weighted by Gasteiger charge is -2.16. The van der Waals surface area contributed by atoms with Gasteiger partial charge in [-0.1, -0.05) is 6.92 Å². The van der Waals surface area contributed by atoms with Crippen LogP contribution >= 0.6 is 11.8 Å². The molecule has 1 rings (SSSR count). The van der Waals surface area contributed by atoms with Gasteiger partial charge in [0.05, 0.1) is 4.90 Å². The minimum atomic E-state index is -3.72. The Bertz CT molecular complexity index is 577. The van der Waals surface area contributed by atoms with Crippen LogP contribution in [0.2, 0.25) is 0 Å². The fourth-order valence-corrected chi connectivity index (χ4v) is 4.27. The Morgan fingerprint density at radius 2 is 2.05 bits per heavy atom. The van der Waals surface area contributed by atoms with E-state index in [2.05, 4.69) is 10.0 Å². The van der Waals surface area contributed by atoms with Crippen molar-refractivity contribution in [3.8, 4) is 0 Å². The Morgan fingerprint density at radius 1 is 1.38 bits per heavy atom. The molecule has 7 heteroatoms. The molecule has 0 aliphatic heterocycles. The highest BCUT2D eigenvalue weighted by Gasteiger charge is 2.22. The molecular weight excluding hydrogens is 311 g/mol. The van der Waals surface area contributed by atoms with E-state index in [1.807, 2.05) is 13.8 Å². The van der Waals surface area contributed by atoms with E-state index < -0.39 is 15.8 Å². The van der Waals surface area contributed by atoms with Crippen LogP contribution in [0.3, 0.4) is 0 Å². The first-order valence-corrected chi connectivity index (χ1v) is 9.49. The summed E-state index contributed by atoms with van der Waals surface area (Å²) in [5, 5.41) is 2.89. The van der Waals surface area contributed by atoms with Gasteiger partial charge in [-0.05, 0) is 44.3 Å². The van der Waals surface area contributed by atoms with E-state index in [4.69, 9.17) is 0 Å². The Hall–Kier alpha value is -0.630. The Balaban J connectivity index is 3.06. The standard InChI is InChI=1S/C14H23FN2O2S2/c1-5-20-9-10(2)17-21(18,19)14-7-12(8-16-4)6-13(15)11(14)3/h6-7,10,16-17H,5,8-9H2,1-4H3. The van der Waals surface area contributed by atoms with Crippen molar-refractivity contribution < 1.29 is 12.8 Å². The number of nitrogens with one attached hydrogen (secondary N) is 2. The largest absolute Gasteiger partial charge is 0.316 e. The third kappa shape index (κ3) is 5.25. The molecule has 0 aromatic heterocycles. The van der Waals surface area contributed by atoms with Crippen LogP contribution in [0.5, 0.6) is 0 Å². The van der Waals surface area contributed by atoms with Crippen LogP contribution in [0.25, 0.3) is 0 Å². The molecule has 2 N–H and O–H groups in total. The van der Waals surface area contributed by atoms with Gasteiger partial charge in [0, 0.05) is 23.9 Å². The molecule has 0 bridgehead atoms. The molecule has 1 aromatic carbocycles. The summed E-state index contributed by atoms with van der Waals surface area (Å²) in [6.07, 6.45) is 0. The van der Waals surface area contributed by atoms with Gasteiger partial charge in [-0.15, -0.1) is 0 Å². The summed E-state index contributed by atoms with van der Waals surface area (Å²) < 4.78 is 41.4. The van der Waals surface area contributed by atoms with E-state index in [1.165, 1.54) is 19.1 Å². The van der Waals surface area contributed by atoms with Crippen LogP contribution in [0, 0.1) is 12.7 Å². The van der Waals surface area contributed by atoms with Gasteiger partial charge in [-0.3, -0.25) is 0 Å². The first kappa shape index (κ1) is 18.4. The fraction of sp³-hybridized carbons (Fsp3) is 0.571. The predicted octanol–water partition coefficient (Wildman–Crippen LogP) is 2.27. The second-order valence-corrected chi connectivity index (χ2v) is 7.91. The van der Waals surface area contributed by atoms with Crippen LogP contribution in [-0.4, -0.2) is 33.0 Å².